The minimum absolute atomic E-state index is 0.158. The summed E-state index contributed by atoms with van der Waals surface area (Å²) in [6.07, 6.45) is 12.9. The molecule has 25 heavy (non-hydrogen) atoms. The van der Waals surface area contributed by atoms with E-state index in [9.17, 15) is 8.78 Å². The van der Waals surface area contributed by atoms with Crippen LogP contribution in [0.15, 0.2) is 0 Å². The first-order chi connectivity index (χ1) is 12.1. The number of hydrogen-bond acceptors (Lipinski definition) is 2. The number of ether oxygens (including phenoxy) is 2. The van der Waals surface area contributed by atoms with Crippen LogP contribution in [-0.4, -0.2) is 19.5 Å². The summed E-state index contributed by atoms with van der Waals surface area (Å²) in [7, 11) is 0. The van der Waals surface area contributed by atoms with Crippen molar-refractivity contribution >= 4 is 0 Å². The van der Waals surface area contributed by atoms with E-state index < -0.39 is 6.29 Å². The fourth-order valence-corrected chi connectivity index (χ4v) is 5.49. The molecule has 0 amide bonds. The van der Waals surface area contributed by atoms with E-state index in [1.165, 1.54) is 77.0 Å². The normalized spacial score (nSPS) is 37.1. The van der Waals surface area contributed by atoms with Gasteiger partial charge in [0.15, 0.2) is 0 Å². The van der Waals surface area contributed by atoms with Crippen LogP contribution in [0.2, 0.25) is 0 Å². The highest BCUT2D eigenvalue weighted by Gasteiger charge is 2.41. The van der Waals surface area contributed by atoms with Crippen molar-refractivity contribution in [3.8, 4) is 0 Å². The summed E-state index contributed by atoms with van der Waals surface area (Å²) in [5, 5.41) is 0. The number of unbranched alkanes of at least 4 members (excludes halogenated alkanes) is 2. The number of rotatable bonds is 6. The Morgan fingerprint density at radius 3 is 1.72 bits per heavy atom. The summed E-state index contributed by atoms with van der Waals surface area (Å²) in [5.74, 6) is 3.45. The van der Waals surface area contributed by atoms with Crippen molar-refractivity contribution < 1.29 is 18.3 Å². The zero-order chi connectivity index (χ0) is 17.7. The Morgan fingerprint density at radius 2 is 1.20 bits per heavy atom. The zero-order valence-corrected chi connectivity index (χ0v) is 15.9. The summed E-state index contributed by atoms with van der Waals surface area (Å²) in [6.45, 7) is 2.60. The molecule has 0 radical (unpaired) electrons. The Kier molecular flexibility index (Phi) is 7.13. The molecule has 0 aromatic rings. The Hall–Kier alpha value is -0.220. The third-order valence-corrected chi connectivity index (χ3v) is 7.19. The molecule has 0 atom stereocenters. The van der Waals surface area contributed by atoms with Gasteiger partial charge in [-0.1, -0.05) is 45.4 Å². The molecule has 0 aromatic heterocycles. The van der Waals surface area contributed by atoms with Gasteiger partial charge in [-0.3, -0.25) is 9.47 Å². The highest BCUT2D eigenvalue weighted by atomic mass is 19.3. The molecule has 146 valence electrons. The number of halogens is 2. The molecule has 4 heteroatoms. The standard InChI is InChI=1S/C21H36F2O2/c1-2-3-4-5-16-6-8-17(9-7-16)18-10-12-19(13-11-18)20-14-24-21(22,23)25-15-20/h16-20H,2-15H2,1H3. The highest BCUT2D eigenvalue weighted by molar-refractivity contribution is 4.84. The number of hydrogen-bond donors (Lipinski definition) is 0. The predicted octanol–water partition coefficient (Wildman–Crippen LogP) is 6.39. The summed E-state index contributed by atoms with van der Waals surface area (Å²) < 4.78 is 35.0. The Labute approximate surface area is 152 Å². The second-order valence-corrected chi connectivity index (χ2v) is 8.80. The van der Waals surface area contributed by atoms with Crippen LogP contribution in [0.5, 0.6) is 0 Å². The lowest BCUT2D eigenvalue weighted by atomic mass is 9.67. The lowest BCUT2D eigenvalue weighted by Crippen LogP contribution is -2.41. The van der Waals surface area contributed by atoms with E-state index in [0.29, 0.717) is 5.92 Å². The van der Waals surface area contributed by atoms with Crippen LogP contribution >= 0.6 is 0 Å². The molecule has 2 aliphatic carbocycles. The molecule has 0 unspecified atom stereocenters. The first kappa shape index (κ1) is 19.5. The van der Waals surface area contributed by atoms with Crippen molar-refractivity contribution in [3.63, 3.8) is 0 Å². The van der Waals surface area contributed by atoms with E-state index in [0.717, 1.165) is 17.8 Å². The Bertz CT molecular complexity index is 375. The van der Waals surface area contributed by atoms with Crippen LogP contribution in [0.1, 0.15) is 84.0 Å². The number of alkyl halides is 2. The molecule has 0 N–H and O–H groups in total. The molecule has 1 heterocycles. The van der Waals surface area contributed by atoms with Crippen molar-refractivity contribution in [2.24, 2.45) is 29.6 Å². The first-order valence-corrected chi connectivity index (χ1v) is 10.7. The van der Waals surface area contributed by atoms with Gasteiger partial charge in [0.2, 0.25) is 0 Å². The summed E-state index contributed by atoms with van der Waals surface area (Å²) >= 11 is 0. The molecule has 3 fully saturated rings. The highest BCUT2D eigenvalue weighted by Crippen LogP contribution is 2.44. The van der Waals surface area contributed by atoms with E-state index in [1.807, 2.05) is 0 Å². The maximum atomic E-state index is 12.9. The molecule has 3 rings (SSSR count). The van der Waals surface area contributed by atoms with Crippen molar-refractivity contribution in [1.29, 1.82) is 0 Å². The van der Waals surface area contributed by atoms with E-state index in [2.05, 4.69) is 16.4 Å². The minimum Gasteiger partial charge on any atom is -0.295 e. The van der Waals surface area contributed by atoms with Crippen molar-refractivity contribution in [3.05, 3.63) is 0 Å². The van der Waals surface area contributed by atoms with Crippen molar-refractivity contribution in [1.82, 2.24) is 0 Å². The summed E-state index contributed by atoms with van der Waals surface area (Å²) in [5.41, 5.74) is 0. The van der Waals surface area contributed by atoms with Gasteiger partial charge in [0.25, 0.3) is 0 Å². The van der Waals surface area contributed by atoms with E-state index in [-0.39, 0.29) is 19.1 Å². The quantitative estimate of drug-likeness (QED) is 0.512. The largest absolute Gasteiger partial charge is 0.485 e. The second kappa shape index (κ2) is 9.12. The molecule has 1 saturated heterocycles. The van der Waals surface area contributed by atoms with Gasteiger partial charge in [0.1, 0.15) is 0 Å². The minimum atomic E-state index is -3.36. The van der Waals surface area contributed by atoms with Crippen LogP contribution in [0.3, 0.4) is 0 Å². The van der Waals surface area contributed by atoms with Gasteiger partial charge < -0.3 is 0 Å². The van der Waals surface area contributed by atoms with Crippen LogP contribution < -0.4 is 0 Å². The SMILES string of the molecule is CCCCCC1CCC(C2CCC(C3COC(F)(F)OC3)CC2)CC1. The second-order valence-electron chi connectivity index (χ2n) is 8.80. The van der Waals surface area contributed by atoms with Crippen LogP contribution in [0, 0.1) is 29.6 Å². The smallest absolute Gasteiger partial charge is 0.295 e. The van der Waals surface area contributed by atoms with Crippen molar-refractivity contribution in [2.75, 3.05) is 13.2 Å². The maximum Gasteiger partial charge on any atom is 0.485 e. The Balaban J connectivity index is 1.34. The monoisotopic (exact) mass is 358 g/mol. The molecule has 3 aliphatic rings. The predicted molar refractivity (Wildman–Crippen MR) is 95.4 cm³/mol. The molecule has 1 aliphatic heterocycles. The van der Waals surface area contributed by atoms with Gasteiger partial charge in [0, 0.05) is 5.92 Å². The van der Waals surface area contributed by atoms with Crippen LogP contribution in [0.25, 0.3) is 0 Å². The average Bonchev–Trinajstić information content (AvgIpc) is 2.63. The summed E-state index contributed by atoms with van der Waals surface area (Å²) in [6, 6.07) is 0. The van der Waals surface area contributed by atoms with Gasteiger partial charge in [-0.2, -0.15) is 0 Å². The first-order valence-electron chi connectivity index (χ1n) is 10.7. The van der Waals surface area contributed by atoms with Gasteiger partial charge in [-0.25, -0.2) is 0 Å². The third-order valence-electron chi connectivity index (χ3n) is 7.19. The molecule has 2 nitrogen and oxygen atoms in total. The van der Waals surface area contributed by atoms with E-state index in [4.69, 9.17) is 0 Å². The average molecular weight is 359 g/mol. The van der Waals surface area contributed by atoms with Gasteiger partial charge in [-0.15, -0.1) is 8.78 Å². The third kappa shape index (κ3) is 5.63. The fraction of sp³-hybridized carbons (Fsp3) is 1.00. The van der Waals surface area contributed by atoms with Gasteiger partial charge in [0.05, 0.1) is 13.2 Å². The Morgan fingerprint density at radius 1 is 0.720 bits per heavy atom. The van der Waals surface area contributed by atoms with Gasteiger partial charge >= 0.3 is 6.29 Å². The molecular weight excluding hydrogens is 322 g/mol. The lowest BCUT2D eigenvalue weighted by Gasteiger charge is -2.41. The molecular formula is C21H36F2O2. The van der Waals surface area contributed by atoms with Gasteiger partial charge in [-0.05, 0) is 62.2 Å². The fourth-order valence-electron chi connectivity index (χ4n) is 5.49. The maximum absolute atomic E-state index is 12.9. The lowest BCUT2D eigenvalue weighted by molar-refractivity contribution is -0.423. The molecule has 0 spiro atoms. The van der Waals surface area contributed by atoms with Crippen molar-refractivity contribution in [2.45, 2.75) is 90.3 Å². The molecule has 2 saturated carbocycles. The topological polar surface area (TPSA) is 18.5 Å². The molecule has 0 bridgehead atoms. The van der Waals surface area contributed by atoms with Crippen LogP contribution in [-0.2, 0) is 9.47 Å². The molecule has 0 aromatic carbocycles. The zero-order valence-electron chi connectivity index (χ0n) is 15.9. The van der Waals surface area contributed by atoms with E-state index >= 15 is 0 Å². The van der Waals surface area contributed by atoms with E-state index in [1.54, 1.807) is 0 Å². The summed E-state index contributed by atoms with van der Waals surface area (Å²) in [4.78, 5) is 0. The van der Waals surface area contributed by atoms with Crippen LogP contribution in [0.4, 0.5) is 8.78 Å².